The zero-order valence-electron chi connectivity index (χ0n) is 11.2. The molecule has 2 N–H and O–H groups in total. The minimum Gasteiger partial charge on any atom is -0.397 e. The summed E-state index contributed by atoms with van der Waals surface area (Å²) < 4.78 is 5.33. The van der Waals surface area contributed by atoms with Crippen LogP contribution in [0.2, 0.25) is 0 Å². The molecule has 0 radical (unpaired) electrons. The van der Waals surface area contributed by atoms with Crippen LogP contribution < -0.4 is 5.73 Å². The van der Waals surface area contributed by atoms with E-state index in [0.717, 1.165) is 18.2 Å². The molecule has 1 aliphatic heterocycles. The molecule has 7 heteroatoms. The summed E-state index contributed by atoms with van der Waals surface area (Å²) in [6.45, 7) is 1.41. The number of amides is 1. The minimum atomic E-state index is -0.0441. The Morgan fingerprint density at radius 1 is 1.50 bits per heavy atom. The van der Waals surface area contributed by atoms with Gasteiger partial charge in [-0.05, 0) is 18.9 Å². The summed E-state index contributed by atoms with van der Waals surface area (Å²) in [4.78, 5) is 15.6. The fourth-order valence-electron chi connectivity index (χ4n) is 2.43. The summed E-state index contributed by atoms with van der Waals surface area (Å²) >= 11 is 1.30. The van der Waals surface area contributed by atoms with Crippen LogP contribution >= 0.6 is 11.3 Å². The number of fused-ring (bicyclic) bond motifs is 1. The van der Waals surface area contributed by atoms with E-state index >= 15 is 0 Å². The molecule has 106 valence electrons. The van der Waals surface area contributed by atoms with Gasteiger partial charge in [0.25, 0.3) is 5.91 Å². The molecule has 0 atom stereocenters. The van der Waals surface area contributed by atoms with Gasteiger partial charge in [-0.15, -0.1) is 16.4 Å². The fourth-order valence-corrected chi connectivity index (χ4v) is 3.45. The van der Waals surface area contributed by atoms with Crippen molar-refractivity contribution >= 4 is 33.1 Å². The monoisotopic (exact) mass is 292 g/mol. The number of carbonyl (C=O) groups excluding carboxylic acids is 1. The molecule has 1 amide bonds. The maximum atomic E-state index is 12.6. The third-order valence-corrected chi connectivity index (χ3v) is 4.77. The molecule has 3 rings (SSSR count). The SMILES string of the molecule is CN(C(=O)c1sc2nnccc2c1N)C1CCOCC1. The van der Waals surface area contributed by atoms with Gasteiger partial charge in [-0.2, -0.15) is 5.10 Å². The second-order valence-corrected chi connectivity index (χ2v) is 5.85. The average Bonchev–Trinajstić information content (AvgIpc) is 2.84. The van der Waals surface area contributed by atoms with E-state index in [4.69, 9.17) is 10.5 Å². The van der Waals surface area contributed by atoms with Crippen LogP contribution in [0.4, 0.5) is 5.69 Å². The molecule has 0 bridgehead atoms. The predicted octanol–water partition coefficient (Wildman–Crippen LogP) is 1.52. The highest BCUT2D eigenvalue weighted by molar-refractivity contribution is 7.21. The van der Waals surface area contributed by atoms with Crippen molar-refractivity contribution in [2.75, 3.05) is 26.0 Å². The average molecular weight is 292 g/mol. The van der Waals surface area contributed by atoms with Crippen molar-refractivity contribution in [3.63, 3.8) is 0 Å². The Labute approximate surface area is 120 Å². The molecule has 0 aliphatic carbocycles. The van der Waals surface area contributed by atoms with Gasteiger partial charge in [-0.1, -0.05) is 0 Å². The molecule has 2 aromatic heterocycles. The first kappa shape index (κ1) is 13.3. The largest absolute Gasteiger partial charge is 0.397 e. The summed E-state index contributed by atoms with van der Waals surface area (Å²) in [5.41, 5.74) is 6.58. The number of nitrogens with two attached hydrogens (primary N) is 1. The molecule has 1 saturated heterocycles. The lowest BCUT2D eigenvalue weighted by Gasteiger charge is -2.31. The molecule has 0 saturated carbocycles. The highest BCUT2D eigenvalue weighted by Crippen LogP contribution is 2.33. The smallest absolute Gasteiger partial charge is 0.266 e. The maximum absolute atomic E-state index is 12.6. The first-order valence-electron chi connectivity index (χ1n) is 6.53. The van der Waals surface area contributed by atoms with Crippen LogP contribution in [-0.2, 0) is 4.74 Å². The number of hydrogen-bond donors (Lipinski definition) is 1. The molecular formula is C13H16N4O2S. The Morgan fingerprint density at radius 2 is 2.25 bits per heavy atom. The zero-order valence-corrected chi connectivity index (χ0v) is 12.0. The van der Waals surface area contributed by atoms with E-state index in [1.807, 2.05) is 7.05 Å². The topological polar surface area (TPSA) is 81.3 Å². The Kier molecular flexibility index (Phi) is 3.54. The van der Waals surface area contributed by atoms with Crippen LogP contribution in [0.1, 0.15) is 22.5 Å². The molecule has 3 heterocycles. The number of hydrogen-bond acceptors (Lipinski definition) is 6. The van der Waals surface area contributed by atoms with Gasteiger partial charge >= 0.3 is 0 Å². The molecule has 2 aromatic rings. The van der Waals surface area contributed by atoms with E-state index in [1.165, 1.54) is 11.3 Å². The molecular weight excluding hydrogens is 276 g/mol. The molecule has 1 aliphatic rings. The number of ether oxygens (including phenoxy) is 1. The summed E-state index contributed by atoms with van der Waals surface area (Å²) in [6.07, 6.45) is 3.32. The molecule has 20 heavy (non-hydrogen) atoms. The van der Waals surface area contributed by atoms with Gasteiger partial charge in [-0.3, -0.25) is 4.79 Å². The Bertz CT molecular complexity index is 636. The normalized spacial score (nSPS) is 16.4. The second-order valence-electron chi connectivity index (χ2n) is 4.85. The summed E-state index contributed by atoms with van der Waals surface area (Å²) in [7, 11) is 1.83. The van der Waals surface area contributed by atoms with E-state index in [-0.39, 0.29) is 11.9 Å². The third-order valence-electron chi connectivity index (χ3n) is 3.67. The van der Waals surface area contributed by atoms with Crippen molar-refractivity contribution in [1.29, 1.82) is 0 Å². The Morgan fingerprint density at radius 3 is 2.95 bits per heavy atom. The lowest BCUT2D eigenvalue weighted by molar-refractivity contribution is 0.0365. The number of rotatable bonds is 2. The van der Waals surface area contributed by atoms with Crippen LogP contribution in [0.5, 0.6) is 0 Å². The summed E-state index contributed by atoms with van der Waals surface area (Å²) in [5, 5.41) is 8.64. The standard InChI is InChI=1S/C13H16N4O2S/c1-17(8-3-6-19-7-4-8)13(18)11-10(14)9-2-5-15-16-12(9)20-11/h2,5,8H,3-4,6-7,14H2,1H3. The number of anilines is 1. The first-order chi connectivity index (χ1) is 9.68. The third kappa shape index (κ3) is 2.23. The van der Waals surface area contributed by atoms with Crippen LogP contribution in [-0.4, -0.2) is 47.3 Å². The minimum absolute atomic E-state index is 0.0441. The molecule has 6 nitrogen and oxygen atoms in total. The highest BCUT2D eigenvalue weighted by Gasteiger charge is 2.26. The van der Waals surface area contributed by atoms with E-state index in [2.05, 4.69) is 10.2 Å². The lowest BCUT2D eigenvalue weighted by Crippen LogP contribution is -2.40. The van der Waals surface area contributed by atoms with Crippen LogP contribution in [0.25, 0.3) is 10.2 Å². The second kappa shape index (κ2) is 5.34. The van der Waals surface area contributed by atoms with Gasteiger partial charge in [0.1, 0.15) is 9.71 Å². The van der Waals surface area contributed by atoms with Crippen LogP contribution in [0, 0.1) is 0 Å². The summed E-state index contributed by atoms with van der Waals surface area (Å²) in [6, 6.07) is 2.01. The van der Waals surface area contributed by atoms with Crippen LogP contribution in [0.3, 0.4) is 0 Å². The van der Waals surface area contributed by atoms with Crippen molar-refractivity contribution in [2.24, 2.45) is 0 Å². The van der Waals surface area contributed by atoms with Gasteiger partial charge in [0.05, 0.1) is 11.9 Å². The van der Waals surface area contributed by atoms with E-state index in [1.54, 1.807) is 17.2 Å². The van der Waals surface area contributed by atoms with E-state index < -0.39 is 0 Å². The van der Waals surface area contributed by atoms with Gasteiger partial charge in [0, 0.05) is 31.7 Å². The first-order valence-corrected chi connectivity index (χ1v) is 7.34. The summed E-state index contributed by atoms with van der Waals surface area (Å²) in [5.74, 6) is -0.0441. The molecule has 1 fully saturated rings. The molecule has 0 aromatic carbocycles. The van der Waals surface area contributed by atoms with E-state index in [0.29, 0.717) is 28.6 Å². The lowest BCUT2D eigenvalue weighted by atomic mass is 10.1. The van der Waals surface area contributed by atoms with Crippen molar-refractivity contribution in [3.8, 4) is 0 Å². The van der Waals surface area contributed by atoms with Crippen molar-refractivity contribution in [3.05, 3.63) is 17.1 Å². The van der Waals surface area contributed by atoms with Gasteiger partial charge < -0.3 is 15.4 Å². The zero-order chi connectivity index (χ0) is 14.1. The van der Waals surface area contributed by atoms with Crippen molar-refractivity contribution < 1.29 is 9.53 Å². The number of nitrogen functional groups attached to an aromatic ring is 1. The van der Waals surface area contributed by atoms with E-state index in [9.17, 15) is 4.79 Å². The number of aromatic nitrogens is 2. The number of carbonyl (C=O) groups is 1. The van der Waals surface area contributed by atoms with Gasteiger partial charge in [0.15, 0.2) is 0 Å². The highest BCUT2D eigenvalue weighted by atomic mass is 32.1. The van der Waals surface area contributed by atoms with Crippen LogP contribution in [0.15, 0.2) is 12.3 Å². The number of thiophene rings is 1. The molecule has 0 unspecified atom stereocenters. The fraction of sp³-hybridized carbons (Fsp3) is 0.462. The predicted molar refractivity (Wildman–Crippen MR) is 77.8 cm³/mol. The van der Waals surface area contributed by atoms with Gasteiger partial charge in [0.2, 0.25) is 0 Å². The van der Waals surface area contributed by atoms with Crippen molar-refractivity contribution in [2.45, 2.75) is 18.9 Å². The quantitative estimate of drug-likeness (QED) is 0.907. The number of nitrogens with zero attached hydrogens (tertiary/aromatic N) is 3. The Hall–Kier alpha value is -1.73. The maximum Gasteiger partial charge on any atom is 0.266 e. The Balaban J connectivity index is 1.89. The van der Waals surface area contributed by atoms with Gasteiger partial charge in [-0.25, -0.2) is 0 Å². The van der Waals surface area contributed by atoms with Crippen molar-refractivity contribution in [1.82, 2.24) is 15.1 Å². The molecule has 0 spiro atoms.